The van der Waals surface area contributed by atoms with Crippen molar-refractivity contribution < 1.29 is 4.55 Å². The van der Waals surface area contributed by atoms with E-state index in [1.54, 1.807) is 0 Å². The van der Waals surface area contributed by atoms with E-state index in [9.17, 15) is 0 Å². The lowest BCUT2D eigenvalue weighted by Crippen LogP contribution is -2.17. The average molecular weight is 428 g/mol. The van der Waals surface area contributed by atoms with E-state index >= 15 is 0 Å². The van der Waals surface area contributed by atoms with Crippen molar-refractivity contribution in [3.8, 4) is 0 Å². The van der Waals surface area contributed by atoms with Crippen molar-refractivity contribution in [2.24, 2.45) is 4.99 Å². The van der Waals surface area contributed by atoms with Gasteiger partial charge < -0.3 is 9.87 Å². The molecule has 1 aliphatic heterocycles. The molecule has 0 aliphatic carbocycles. The van der Waals surface area contributed by atoms with Crippen LogP contribution in [0.1, 0.15) is 31.2 Å². The molecule has 0 spiro atoms. The molecule has 2 N–H and O–H groups in total. The highest BCUT2D eigenvalue weighted by Gasteiger charge is 2.03. The SMILES string of the molecule is OSc1ccc(CN=C2C=C(CCCI)CC/C=C\N2)cc1. The van der Waals surface area contributed by atoms with Crippen LogP contribution in [0.25, 0.3) is 0 Å². The van der Waals surface area contributed by atoms with Crippen molar-refractivity contribution in [1.29, 1.82) is 0 Å². The van der Waals surface area contributed by atoms with E-state index in [0.29, 0.717) is 6.54 Å². The highest BCUT2D eigenvalue weighted by atomic mass is 127. The summed E-state index contributed by atoms with van der Waals surface area (Å²) in [6.07, 6.45) is 10.9. The molecule has 0 unspecified atom stereocenters. The van der Waals surface area contributed by atoms with Crippen LogP contribution >= 0.6 is 34.6 Å². The number of rotatable bonds is 6. The van der Waals surface area contributed by atoms with Gasteiger partial charge in [-0.3, -0.25) is 4.99 Å². The minimum atomic E-state index is 0.641. The monoisotopic (exact) mass is 428 g/mol. The Morgan fingerprint density at radius 1 is 1.27 bits per heavy atom. The molecule has 118 valence electrons. The van der Waals surface area contributed by atoms with Gasteiger partial charge in [0, 0.05) is 16.9 Å². The van der Waals surface area contributed by atoms with E-state index < -0.39 is 0 Å². The summed E-state index contributed by atoms with van der Waals surface area (Å²) < 4.78 is 10.2. The summed E-state index contributed by atoms with van der Waals surface area (Å²) in [6, 6.07) is 7.82. The van der Waals surface area contributed by atoms with Gasteiger partial charge in [0.1, 0.15) is 5.84 Å². The Labute approximate surface area is 150 Å². The first-order chi connectivity index (χ1) is 10.8. The van der Waals surface area contributed by atoms with Gasteiger partial charge in [-0.1, -0.05) is 46.4 Å². The summed E-state index contributed by atoms with van der Waals surface area (Å²) in [5.41, 5.74) is 2.61. The molecular weight excluding hydrogens is 407 g/mol. The highest BCUT2D eigenvalue weighted by molar-refractivity contribution is 14.1. The Balaban J connectivity index is 2.04. The van der Waals surface area contributed by atoms with Crippen molar-refractivity contribution in [2.45, 2.75) is 37.1 Å². The van der Waals surface area contributed by atoms with Crippen molar-refractivity contribution in [1.82, 2.24) is 5.32 Å². The lowest BCUT2D eigenvalue weighted by Gasteiger charge is -2.11. The minimum Gasteiger partial charge on any atom is -0.347 e. The first kappa shape index (κ1) is 17.6. The van der Waals surface area contributed by atoms with Crippen molar-refractivity contribution >= 4 is 40.5 Å². The van der Waals surface area contributed by atoms with Crippen LogP contribution in [0.4, 0.5) is 0 Å². The van der Waals surface area contributed by atoms with E-state index in [1.807, 2.05) is 30.5 Å². The number of hydrogen-bond donors (Lipinski definition) is 2. The van der Waals surface area contributed by atoms with Crippen molar-refractivity contribution in [3.63, 3.8) is 0 Å². The second-order valence-corrected chi connectivity index (χ2v) is 6.85. The van der Waals surface area contributed by atoms with Crippen LogP contribution in [0.15, 0.2) is 58.1 Å². The summed E-state index contributed by atoms with van der Waals surface area (Å²) in [7, 11) is 0. The van der Waals surface area contributed by atoms with E-state index in [2.05, 4.69) is 45.1 Å². The Bertz CT molecular complexity index is 552. The molecule has 0 aromatic heterocycles. The first-order valence-electron chi connectivity index (χ1n) is 7.43. The van der Waals surface area contributed by atoms with Gasteiger partial charge in [-0.2, -0.15) is 0 Å². The molecular formula is C17H21IN2OS. The first-order valence-corrected chi connectivity index (χ1v) is 9.73. The van der Waals surface area contributed by atoms with Gasteiger partial charge in [-0.05, 0) is 60.1 Å². The van der Waals surface area contributed by atoms with Crippen molar-refractivity contribution in [3.05, 3.63) is 53.8 Å². The van der Waals surface area contributed by atoms with E-state index in [4.69, 9.17) is 4.55 Å². The maximum atomic E-state index is 8.98. The van der Waals surface area contributed by atoms with Gasteiger partial charge in [-0.15, -0.1) is 0 Å². The number of nitrogens with one attached hydrogen (secondary N) is 1. The Kier molecular flexibility index (Phi) is 8.04. The van der Waals surface area contributed by atoms with Gasteiger partial charge in [-0.25, -0.2) is 0 Å². The zero-order chi connectivity index (χ0) is 15.6. The van der Waals surface area contributed by atoms with E-state index in [1.165, 1.54) is 16.4 Å². The van der Waals surface area contributed by atoms with Gasteiger partial charge in [0.25, 0.3) is 0 Å². The predicted molar refractivity (Wildman–Crippen MR) is 104 cm³/mol. The fourth-order valence-electron chi connectivity index (χ4n) is 2.22. The molecule has 0 radical (unpaired) electrons. The molecule has 0 saturated heterocycles. The topological polar surface area (TPSA) is 44.6 Å². The Hall–Kier alpha value is -0.790. The molecule has 0 saturated carbocycles. The molecule has 1 aromatic carbocycles. The zero-order valence-corrected chi connectivity index (χ0v) is 15.4. The van der Waals surface area contributed by atoms with Crippen LogP contribution in [0.2, 0.25) is 0 Å². The summed E-state index contributed by atoms with van der Waals surface area (Å²) >= 11 is 3.20. The number of amidine groups is 1. The van der Waals surface area contributed by atoms with Gasteiger partial charge in [0.2, 0.25) is 0 Å². The van der Waals surface area contributed by atoms with E-state index in [0.717, 1.165) is 47.6 Å². The molecule has 0 fully saturated rings. The number of hydrogen-bond acceptors (Lipinski definition) is 3. The van der Waals surface area contributed by atoms with Crippen LogP contribution in [0.3, 0.4) is 0 Å². The summed E-state index contributed by atoms with van der Waals surface area (Å²) in [5, 5.41) is 3.27. The lowest BCUT2D eigenvalue weighted by molar-refractivity contribution is 0.664. The van der Waals surface area contributed by atoms with Crippen LogP contribution in [0, 0.1) is 0 Å². The second-order valence-electron chi connectivity index (χ2n) is 5.12. The number of aliphatic imine (C=N–C) groups is 1. The standard InChI is InChI=1S/C17H21IN2OS/c18-10-3-5-14-4-1-2-11-19-17(12-14)20-13-15-6-8-16(22-21)9-7-15/h2,6-9,11-12,21H,1,3-5,10,13H2,(H,19,20)/b11-2-,14-12?. The van der Waals surface area contributed by atoms with Gasteiger partial charge in [0.15, 0.2) is 0 Å². The fourth-order valence-corrected chi connectivity index (χ4v) is 2.86. The Morgan fingerprint density at radius 3 is 2.82 bits per heavy atom. The molecule has 0 amide bonds. The number of benzene rings is 1. The smallest absolute Gasteiger partial charge is 0.125 e. The second kappa shape index (κ2) is 10.1. The fraction of sp³-hybridized carbons (Fsp3) is 0.353. The van der Waals surface area contributed by atoms with Crippen LogP contribution in [-0.4, -0.2) is 14.8 Å². The number of nitrogens with zero attached hydrogens (tertiary/aromatic N) is 1. The van der Waals surface area contributed by atoms with Crippen molar-refractivity contribution in [2.75, 3.05) is 4.43 Å². The third-order valence-corrected chi connectivity index (χ3v) is 4.66. The molecule has 1 aliphatic rings. The number of halogens is 1. The average Bonchev–Trinajstić information content (AvgIpc) is 2.53. The predicted octanol–water partition coefficient (Wildman–Crippen LogP) is 5.19. The lowest BCUT2D eigenvalue weighted by atomic mass is 10.0. The molecule has 0 atom stereocenters. The minimum absolute atomic E-state index is 0.641. The molecule has 2 rings (SSSR count). The van der Waals surface area contributed by atoms with E-state index in [-0.39, 0.29) is 0 Å². The third kappa shape index (κ3) is 6.14. The number of allylic oxidation sites excluding steroid dienone is 2. The molecule has 1 heterocycles. The highest BCUT2D eigenvalue weighted by Crippen LogP contribution is 2.17. The zero-order valence-electron chi connectivity index (χ0n) is 12.5. The van der Waals surface area contributed by atoms with Gasteiger partial charge in [0.05, 0.1) is 6.54 Å². The normalized spacial score (nSPS) is 18.3. The number of alkyl halides is 1. The van der Waals surface area contributed by atoms with Gasteiger partial charge >= 0.3 is 0 Å². The molecule has 0 bridgehead atoms. The van der Waals surface area contributed by atoms with Crippen LogP contribution in [0.5, 0.6) is 0 Å². The maximum absolute atomic E-state index is 8.98. The quantitative estimate of drug-likeness (QED) is 0.373. The summed E-state index contributed by atoms with van der Waals surface area (Å²) in [4.78, 5) is 5.53. The maximum Gasteiger partial charge on any atom is 0.125 e. The van der Waals surface area contributed by atoms with Crippen LogP contribution < -0.4 is 5.32 Å². The molecule has 22 heavy (non-hydrogen) atoms. The largest absolute Gasteiger partial charge is 0.347 e. The third-order valence-electron chi connectivity index (χ3n) is 3.41. The Morgan fingerprint density at radius 2 is 2.09 bits per heavy atom. The summed E-state index contributed by atoms with van der Waals surface area (Å²) in [5.74, 6) is 0.931. The van der Waals surface area contributed by atoms with Crippen LogP contribution in [-0.2, 0) is 6.54 Å². The summed E-state index contributed by atoms with van der Waals surface area (Å²) in [6.45, 7) is 0.641. The molecule has 3 nitrogen and oxygen atoms in total. The molecule has 5 heteroatoms. The molecule has 1 aromatic rings.